The van der Waals surface area contributed by atoms with Gasteiger partial charge in [0.05, 0.1) is 4.92 Å². The number of benzene rings is 3. The number of aromatic nitrogens is 3. The minimum Gasteiger partial charge on any atom is -0.483 e. The minimum absolute atomic E-state index is 0.0124. The number of rotatable bonds is 10. The number of nitrogens with one attached hydrogen (secondary N) is 1. The molecule has 0 fully saturated rings. The first-order valence-corrected chi connectivity index (χ1v) is 11.5. The minimum atomic E-state index is -0.544. The molecule has 1 heterocycles. The van der Waals surface area contributed by atoms with Crippen molar-refractivity contribution in [1.82, 2.24) is 14.8 Å². The van der Waals surface area contributed by atoms with E-state index in [1.54, 1.807) is 22.8 Å². The molecule has 0 unspecified atom stereocenters. The van der Waals surface area contributed by atoms with Crippen LogP contribution in [0.5, 0.6) is 5.75 Å². The predicted molar refractivity (Wildman–Crippen MR) is 129 cm³/mol. The molecule has 0 aliphatic heterocycles. The number of carbonyl (C=O) groups is 1. The summed E-state index contributed by atoms with van der Waals surface area (Å²) in [5.74, 6) is 0.0894. The molecule has 4 rings (SSSR count). The van der Waals surface area contributed by atoms with Crippen LogP contribution < -0.4 is 10.1 Å². The Balaban J connectivity index is 1.44. The Morgan fingerprint density at radius 3 is 2.51 bits per heavy atom. The molecule has 0 aliphatic rings. The molecular formula is C24H20FN5O4S. The lowest BCUT2D eigenvalue weighted by atomic mass is 10.2. The van der Waals surface area contributed by atoms with Crippen LogP contribution >= 0.6 is 11.8 Å². The number of ether oxygens (including phenoxy) is 1. The van der Waals surface area contributed by atoms with E-state index < -0.39 is 10.7 Å². The standard InChI is InChI=1S/C24H20FN5O4S/c25-18-10-4-7-13-21(18)34-16-22-27-28-24(29(22)17-8-2-1-3-9-17)35-15-14-23(31)26-19-11-5-6-12-20(19)30(32)33/h1-13H,14-16H2,(H,26,31). The van der Waals surface area contributed by atoms with Crippen LogP contribution in [0.3, 0.4) is 0 Å². The van der Waals surface area contributed by atoms with Crippen molar-refractivity contribution >= 4 is 29.0 Å². The maximum absolute atomic E-state index is 13.9. The Labute approximate surface area is 204 Å². The summed E-state index contributed by atoms with van der Waals surface area (Å²) in [5, 5.41) is 22.7. The second-order valence-electron chi connectivity index (χ2n) is 7.21. The van der Waals surface area contributed by atoms with Crippen LogP contribution in [-0.2, 0) is 11.4 Å². The molecule has 11 heteroatoms. The van der Waals surface area contributed by atoms with Crippen LogP contribution in [0.4, 0.5) is 15.8 Å². The van der Waals surface area contributed by atoms with E-state index in [0.29, 0.717) is 16.7 Å². The third kappa shape index (κ3) is 6.01. The molecular weight excluding hydrogens is 473 g/mol. The van der Waals surface area contributed by atoms with Crippen molar-refractivity contribution in [1.29, 1.82) is 0 Å². The number of thioether (sulfide) groups is 1. The van der Waals surface area contributed by atoms with Crippen LogP contribution in [0.2, 0.25) is 0 Å². The highest BCUT2D eigenvalue weighted by Crippen LogP contribution is 2.26. The second-order valence-corrected chi connectivity index (χ2v) is 8.27. The molecule has 0 aliphatic carbocycles. The van der Waals surface area contributed by atoms with Crippen LogP contribution in [0.1, 0.15) is 12.2 Å². The Morgan fingerprint density at radius 2 is 1.74 bits per heavy atom. The number of nitro benzene ring substituents is 1. The summed E-state index contributed by atoms with van der Waals surface area (Å²) in [5.41, 5.74) is 0.765. The molecule has 0 radical (unpaired) electrons. The summed E-state index contributed by atoms with van der Waals surface area (Å²) in [7, 11) is 0. The Hall–Kier alpha value is -4.25. The van der Waals surface area contributed by atoms with Gasteiger partial charge in [-0.2, -0.15) is 0 Å². The lowest BCUT2D eigenvalue weighted by molar-refractivity contribution is -0.383. The van der Waals surface area contributed by atoms with Gasteiger partial charge in [0.2, 0.25) is 5.91 Å². The maximum atomic E-state index is 13.9. The Kier molecular flexibility index (Phi) is 7.68. The van der Waals surface area contributed by atoms with E-state index in [0.717, 1.165) is 5.69 Å². The normalized spacial score (nSPS) is 10.7. The van der Waals surface area contributed by atoms with Gasteiger partial charge in [0.25, 0.3) is 5.69 Å². The zero-order valence-electron chi connectivity index (χ0n) is 18.3. The molecule has 4 aromatic rings. The molecule has 1 amide bonds. The van der Waals surface area contributed by atoms with Crippen molar-refractivity contribution < 1.29 is 18.8 Å². The van der Waals surface area contributed by atoms with Gasteiger partial charge in [-0.1, -0.05) is 54.2 Å². The summed E-state index contributed by atoms with van der Waals surface area (Å²) in [6.45, 7) is -0.0124. The van der Waals surface area contributed by atoms with Crippen molar-refractivity contribution in [3.05, 3.63) is 101 Å². The number of hydrogen-bond donors (Lipinski definition) is 1. The van der Waals surface area contributed by atoms with Gasteiger partial charge < -0.3 is 10.1 Å². The summed E-state index contributed by atoms with van der Waals surface area (Å²) in [4.78, 5) is 23.0. The Bertz CT molecular complexity index is 1330. The third-order valence-corrected chi connectivity index (χ3v) is 5.77. The van der Waals surface area contributed by atoms with E-state index in [1.165, 1.54) is 42.1 Å². The number of hydrogen-bond acceptors (Lipinski definition) is 7. The number of amides is 1. The van der Waals surface area contributed by atoms with Gasteiger partial charge >= 0.3 is 0 Å². The summed E-state index contributed by atoms with van der Waals surface area (Å²) in [6, 6.07) is 21.4. The summed E-state index contributed by atoms with van der Waals surface area (Å²) >= 11 is 1.30. The topological polar surface area (TPSA) is 112 Å². The molecule has 9 nitrogen and oxygen atoms in total. The van der Waals surface area contributed by atoms with Crippen molar-refractivity contribution in [2.75, 3.05) is 11.1 Å². The van der Waals surface area contributed by atoms with E-state index in [2.05, 4.69) is 15.5 Å². The van der Waals surface area contributed by atoms with Crippen molar-refractivity contribution in [3.8, 4) is 11.4 Å². The number of anilines is 1. The molecule has 178 valence electrons. The molecule has 3 aromatic carbocycles. The molecule has 1 N–H and O–H groups in total. The third-order valence-electron chi connectivity index (χ3n) is 4.84. The average molecular weight is 494 g/mol. The summed E-state index contributed by atoms with van der Waals surface area (Å²) < 4.78 is 21.3. The van der Waals surface area contributed by atoms with Crippen molar-refractivity contribution in [3.63, 3.8) is 0 Å². The van der Waals surface area contributed by atoms with Gasteiger partial charge in [-0.25, -0.2) is 4.39 Å². The SMILES string of the molecule is O=C(CCSc1nnc(COc2ccccc2F)n1-c1ccccc1)Nc1ccccc1[N+](=O)[O-]. The average Bonchev–Trinajstić information content (AvgIpc) is 3.27. The highest BCUT2D eigenvalue weighted by Gasteiger charge is 2.18. The van der Waals surface area contributed by atoms with E-state index in [4.69, 9.17) is 4.74 Å². The van der Waals surface area contributed by atoms with Crippen LogP contribution in [0.15, 0.2) is 84.0 Å². The lowest BCUT2D eigenvalue weighted by Crippen LogP contribution is -2.13. The number of halogens is 1. The van der Waals surface area contributed by atoms with E-state index in [9.17, 15) is 19.3 Å². The molecule has 0 spiro atoms. The molecule has 0 atom stereocenters. The first kappa shape index (κ1) is 23.9. The quantitative estimate of drug-likeness (QED) is 0.188. The molecule has 0 bridgehead atoms. The van der Waals surface area contributed by atoms with Crippen LogP contribution in [-0.4, -0.2) is 31.3 Å². The van der Waals surface area contributed by atoms with E-state index >= 15 is 0 Å². The monoisotopic (exact) mass is 493 g/mol. The fourth-order valence-corrected chi connectivity index (χ4v) is 4.12. The summed E-state index contributed by atoms with van der Waals surface area (Å²) in [6.07, 6.45) is 0.0967. The second kappa shape index (κ2) is 11.3. The zero-order chi connectivity index (χ0) is 24.6. The van der Waals surface area contributed by atoms with Crippen molar-refractivity contribution in [2.24, 2.45) is 0 Å². The fraction of sp³-hybridized carbons (Fsp3) is 0.125. The van der Waals surface area contributed by atoms with Crippen LogP contribution in [0.25, 0.3) is 5.69 Å². The number of carbonyl (C=O) groups excluding carboxylic acids is 1. The van der Waals surface area contributed by atoms with Crippen LogP contribution in [0, 0.1) is 15.9 Å². The van der Waals surface area contributed by atoms with Gasteiger partial charge in [-0.05, 0) is 30.3 Å². The van der Waals surface area contributed by atoms with Gasteiger partial charge in [0.1, 0.15) is 12.3 Å². The Morgan fingerprint density at radius 1 is 1.03 bits per heavy atom. The maximum Gasteiger partial charge on any atom is 0.292 e. The number of para-hydroxylation sites is 4. The van der Waals surface area contributed by atoms with Crippen molar-refractivity contribution in [2.45, 2.75) is 18.2 Å². The largest absolute Gasteiger partial charge is 0.483 e. The molecule has 0 saturated heterocycles. The zero-order valence-corrected chi connectivity index (χ0v) is 19.2. The van der Waals surface area contributed by atoms with Gasteiger partial charge in [-0.3, -0.25) is 19.5 Å². The lowest BCUT2D eigenvalue weighted by Gasteiger charge is -2.11. The molecule has 0 saturated carbocycles. The van der Waals surface area contributed by atoms with Gasteiger partial charge in [0.15, 0.2) is 22.5 Å². The number of nitrogens with zero attached hydrogens (tertiary/aromatic N) is 4. The number of nitro groups is 1. The molecule has 35 heavy (non-hydrogen) atoms. The molecule has 1 aromatic heterocycles. The van der Waals surface area contributed by atoms with Gasteiger partial charge in [-0.15, -0.1) is 10.2 Å². The highest BCUT2D eigenvalue weighted by atomic mass is 32.2. The van der Waals surface area contributed by atoms with Gasteiger partial charge in [0, 0.05) is 23.9 Å². The predicted octanol–water partition coefficient (Wildman–Crippen LogP) is 5.01. The van der Waals surface area contributed by atoms with E-state index in [-0.39, 0.29) is 36.1 Å². The van der Waals surface area contributed by atoms with E-state index in [1.807, 2.05) is 30.3 Å². The first-order chi connectivity index (χ1) is 17.0. The highest BCUT2D eigenvalue weighted by molar-refractivity contribution is 7.99. The smallest absolute Gasteiger partial charge is 0.292 e. The fourth-order valence-electron chi connectivity index (χ4n) is 3.21. The first-order valence-electron chi connectivity index (χ1n) is 10.6.